The lowest BCUT2D eigenvalue weighted by Gasteiger charge is -2.25. The molecule has 2 saturated heterocycles. The van der Waals surface area contributed by atoms with Crippen LogP contribution in [0.3, 0.4) is 0 Å². The van der Waals surface area contributed by atoms with Gasteiger partial charge in [-0.3, -0.25) is 22.7 Å². The Morgan fingerprint density at radius 3 is 2.26 bits per heavy atom. The van der Waals surface area contributed by atoms with Crippen molar-refractivity contribution in [1.29, 1.82) is 0 Å². The van der Waals surface area contributed by atoms with E-state index in [0.29, 0.717) is 0 Å². The lowest BCUT2D eigenvalue weighted by Crippen LogP contribution is -2.39. The number of hydrogen-bond donors (Lipinski definition) is 8. The minimum absolute atomic E-state index is 0.00472. The molecule has 5 rings (SSSR count). The van der Waals surface area contributed by atoms with Crippen molar-refractivity contribution in [3.63, 3.8) is 0 Å². The third kappa shape index (κ3) is 7.65. The van der Waals surface area contributed by atoms with Crippen molar-refractivity contribution in [2.75, 3.05) is 31.3 Å². The number of aromatic nitrogens is 6. The third-order valence-corrected chi connectivity index (χ3v) is 8.34. The number of nitrogens with two attached hydrogens (primary N) is 2. The van der Waals surface area contributed by atoms with Gasteiger partial charge in [-0.2, -0.15) is 4.98 Å². The highest BCUT2D eigenvalue weighted by Crippen LogP contribution is 2.50. The number of ether oxygens (including phenoxy) is 3. The Morgan fingerprint density at radius 1 is 0.957 bits per heavy atom. The van der Waals surface area contributed by atoms with Crippen molar-refractivity contribution in [1.82, 2.24) is 29.1 Å². The van der Waals surface area contributed by atoms with Gasteiger partial charge in [0, 0.05) is 6.20 Å². The number of phosphoric ester groups is 2. The first-order valence-corrected chi connectivity index (χ1v) is 16.2. The minimum atomic E-state index is -5.30. The van der Waals surface area contributed by atoms with Gasteiger partial charge < -0.3 is 55.7 Å². The van der Waals surface area contributed by atoms with E-state index in [1.54, 1.807) is 0 Å². The topological polar surface area (TPSA) is 359 Å². The molecule has 3 aromatic heterocycles. The van der Waals surface area contributed by atoms with Crippen molar-refractivity contribution in [2.45, 2.75) is 49.1 Å². The molecule has 1 unspecified atom stereocenters. The van der Waals surface area contributed by atoms with Gasteiger partial charge in [0.2, 0.25) is 0 Å². The molecule has 0 aliphatic carbocycles. The van der Waals surface area contributed by atoms with Crippen LogP contribution in [0.1, 0.15) is 12.5 Å². The Kier molecular flexibility index (Phi) is 10.1. The van der Waals surface area contributed by atoms with E-state index in [4.69, 9.17) is 44.5 Å². The summed E-state index contributed by atoms with van der Waals surface area (Å²) < 4.78 is 57.3. The molecule has 0 radical (unpaired) electrons. The van der Waals surface area contributed by atoms with Gasteiger partial charge in [0.25, 0.3) is 0 Å². The summed E-state index contributed by atoms with van der Waals surface area (Å²) in [5.74, 6) is -1.36. The summed E-state index contributed by atoms with van der Waals surface area (Å²) in [5, 5.41) is 31.1. The maximum Gasteiger partial charge on any atom is 0.472 e. The molecular weight excluding hydrogens is 682 g/mol. The summed E-state index contributed by atoms with van der Waals surface area (Å²) in [5.41, 5.74) is 10.5. The number of carbonyl (C=O) groups excluding carboxylic acids is 1. The molecule has 10 N–H and O–H groups in total. The zero-order valence-electron chi connectivity index (χ0n) is 23.5. The number of carbonyl (C=O) groups is 1. The smallest absolute Gasteiger partial charge is 0.455 e. The molecule has 26 heteroatoms. The van der Waals surface area contributed by atoms with Crippen LogP contribution < -0.4 is 17.2 Å². The number of aliphatic hydroxyl groups is 3. The van der Waals surface area contributed by atoms with Crippen LogP contribution in [0.5, 0.6) is 0 Å². The molecule has 0 bridgehead atoms. The van der Waals surface area contributed by atoms with Crippen LogP contribution in [0, 0.1) is 0 Å². The number of imidazole rings is 1. The molecule has 258 valence electrons. The SMILES string of the molecule is Nc1ccn([C@@H]2O[C@H](COP(=O)(O)O)[C@@H](OP(=O)(O)OC[C@H]3O[C@@H](n4cnc5c(N)ncnc54)[C@H](O)[C@@H]3OC(=O)CO)[C@H]2O)c(=O)n1. The third-order valence-electron chi connectivity index (χ3n) is 6.87. The van der Waals surface area contributed by atoms with E-state index in [2.05, 4.69) is 24.5 Å². The second-order valence-electron chi connectivity index (χ2n) is 9.97. The number of esters is 1. The van der Waals surface area contributed by atoms with Crippen LogP contribution in [0.15, 0.2) is 29.7 Å². The summed E-state index contributed by atoms with van der Waals surface area (Å²) in [7, 11) is -10.4. The Morgan fingerprint density at radius 2 is 1.60 bits per heavy atom. The summed E-state index contributed by atoms with van der Waals surface area (Å²) in [6.45, 7) is -3.01. The first-order chi connectivity index (χ1) is 22.1. The van der Waals surface area contributed by atoms with Crippen molar-refractivity contribution in [3.8, 4) is 0 Å². The number of aliphatic hydroxyl groups excluding tert-OH is 3. The number of phosphoric acid groups is 2. The van der Waals surface area contributed by atoms with Gasteiger partial charge in [-0.1, -0.05) is 0 Å². The molecule has 0 amide bonds. The zero-order chi connectivity index (χ0) is 34.3. The second kappa shape index (κ2) is 13.6. The van der Waals surface area contributed by atoms with Gasteiger partial charge in [-0.25, -0.2) is 33.7 Å². The molecule has 0 aromatic carbocycles. The number of rotatable bonds is 12. The van der Waals surface area contributed by atoms with E-state index in [-0.39, 0.29) is 22.8 Å². The van der Waals surface area contributed by atoms with Gasteiger partial charge in [0.05, 0.1) is 19.5 Å². The zero-order valence-corrected chi connectivity index (χ0v) is 25.3. The highest BCUT2D eigenvalue weighted by Gasteiger charge is 2.52. The molecule has 24 nitrogen and oxygen atoms in total. The molecule has 5 heterocycles. The number of nitrogen functional groups attached to an aromatic ring is 2. The second-order valence-corrected chi connectivity index (χ2v) is 12.6. The lowest BCUT2D eigenvalue weighted by atomic mass is 10.1. The largest absolute Gasteiger partial charge is 0.472 e. The number of fused-ring (bicyclic) bond motifs is 1. The van der Waals surface area contributed by atoms with E-state index in [1.807, 2.05) is 0 Å². The van der Waals surface area contributed by atoms with Crippen molar-refractivity contribution >= 4 is 44.4 Å². The fourth-order valence-electron chi connectivity index (χ4n) is 4.83. The first kappa shape index (κ1) is 34.8. The Labute approximate surface area is 261 Å². The molecule has 2 aliphatic rings. The number of nitrogens with zero attached hydrogens (tertiary/aromatic N) is 6. The van der Waals surface area contributed by atoms with Crippen LogP contribution in [0.2, 0.25) is 0 Å². The summed E-state index contributed by atoms with van der Waals surface area (Å²) in [6, 6.07) is 1.17. The maximum atomic E-state index is 13.1. The molecule has 0 spiro atoms. The van der Waals surface area contributed by atoms with Crippen molar-refractivity contribution in [2.24, 2.45) is 0 Å². The predicted molar refractivity (Wildman–Crippen MR) is 148 cm³/mol. The standard InChI is InChI=1S/C21H28N8O16P2/c22-10-1-2-28(21(34)27-10)19-14(33)16(9(43-19)4-40-46(35,36)37)45-47(38,39)41-5-8-15(44-11(31)3-30)13(32)20(42-8)29-7-26-12-17(23)24-6-25-18(12)29/h1-2,6-9,13-16,19-20,30,32-33H,3-5H2,(H,38,39)(H2,22,27,34)(H2,23,24,25)(H2,35,36,37)/t8-,9-,13-,14-,15-,16-,19-,20-/m1/s1. The molecular formula is C21H28N8O16P2. The highest BCUT2D eigenvalue weighted by molar-refractivity contribution is 7.47. The van der Waals surface area contributed by atoms with Crippen LogP contribution >= 0.6 is 15.6 Å². The van der Waals surface area contributed by atoms with Crippen LogP contribution in [0.4, 0.5) is 11.6 Å². The quantitative estimate of drug-likeness (QED) is 0.0661. The lowest BCUT2D eigenvalue weighted by molar-refractivity contribution is -0.159. The molecule has 47 heavy (non-hydrogen) atoms. The molecule has 0 saturated carbocycles. The number of hydrogen-bond acceptors (Lipinski definition) is 19. The van der Waals surface area contributed by atoms with Gasteiger partial charge in [-0.15, -0.1) is 0 Å². The summed E-state index contributed by atoms with van der Waals surface area (Å²) >= 11 is 0. The van der Waals surface area contributed by atoms with Crippen LogP contribution in [0.25, 0.3) is 11.2 Å². The molecule has 9 atom stereocenters. The summed E-state index contributed by atoms with van der Waals surface area (Å²) in [6.07, 6.45) is -9.99. The van der Waals surface area contributed by atoms with Crippen molar-refractivity contribution < 1.29 is 71.7 Å². The maximum absolute atomic E-state index is 13.1. The normalized spacial score (nSPS) is 29.2. The average Bonchev–Trinajstić information content (AvgIpc) is 3.65. The Hall–Kier alpha value is -3.48. The number of anilines is 2. The van der Waals surface area contributed by atoms with E-state index >= 15 is 0 Å². The van der Waals surface area contributed by atoms with Gasteiger partial charge >= 0.3 is 27.3 Å². The average molecular weight is 710 g/mol. The fraction of sp³-hybridized carbons (Fsp3) is 0.524. The highest BCUT2D eigenvalue weighted by atomic mass is 31.2. The predicted octanol–water partition coefficient (Wildman–Crippen LogP) is -3.72. The molecule has 2 aliphatic heterocycles. The van der Waals surface area contributed by atoms with Gasteiger partial charge in [0.15, 0.2) is 30.0 Å². The van der Waals surface area contributed by atoms with Crippen LogP contribution in [-0.2, 0) is 41.7 Å². The summed E-state index contributed by atoms with van der Waals surface area (Å²) in [4.78, 5) is 68.5. The fourth-order valence-corrected chi connectivity index (χ4v) is 6.14. The van der Waals surface area contributed by atoms with Gasteiger partial charge in [0.1, 0.15) is 54.8 Å². The Bertz CT molecular complexity index is 1770. The van der Waals surface area contributed by atoms with E-state index in [9.17, 15) is 38.9 Å². The Balaban J connectivity index is 1.34. The molecule has 3 aromatic rings. The van der Waals surface area contributed by atoms with Crippen LogP contribution in [-0.4, -0.2) is 121 Å². The minimum Gasteiger partial charge on any atom is -0.455 e. The van der Waals surface area contributed by atoms with Gasteiger partial charge in [-0.05, 0) is 6.07 Å². The van der Waals surface area contributed by atoms with Crippen molar-refractivity contribution in [3.05, 3.63) is 35.4 Å². The molecule has 2 fully saturated rings. The monoisotopic (exact) mass is 710 g/mol. The van der Waals surface area contributed by atoms with E-state index in [1.165, 1.54) is 17.0 Å². The first-order valence-electron chi connectivity index (χ1n) is 13.2. The van der Waals surface area contributed by atoms with E-state index < -0.39 is 96.2 Å². The van der Waals surface area contributed by atoms with E-state index in [0.717, 1.165) is 17.1 Å².